The number of amides is 2. The Hall–Kier alpha value is -4.02. The van der Waals surface area contributed by atoms with Crippen molar-refractivity contribution in [3.8, 4) is 0 Å². The highest BCUT2D eigenvalue weighted by Crippen LogP contribution is 2.25. The van der Waals surface area contributed by atoms with Crippen molar-refractivity contribution in [1.82, 2.24) is 10.2 Å². The molecule has 0 heterocycles. The third-order valence-corrected chi connectivity index (χ3v) is 8.83. The van der Waals surface area contributed by atoms with Crippen LogP contribution in [0.4, 0.5) is 10.1 Å². The van der Waals surface area contributed by atoms with E-state index in [1.54, 1.807) is 30.3 Å². The van der Waals surface area contributed by atoms with E-state index in [9.17, 15) is 22.4 Å². The summed E-state index contributed by atoms with van der Waals surface area (Å²) in [5, 5.41) is 2.65. The van der Waals surface area contributed by atoms with Crippen LogP contribution in [0.3, 0.4) is 0 Å². The first-order valence-corrected chi connectivity index (χ1v) is 15.0. The van der Waals surface area contributed by atoms with Crippen molar-refractivity contribution < 1.29 is 22.4 Å². The number of carbonyl (C=O) groups excluding carboxylic acids is 2. The fraction of sp³-hybridized carbons (Fsp3) is 0.161. The second-order valence-electron chi connectivity index (χ2n) is 9.27. The second kappa shape index (κ2) is 13.6. The maximum atomic E-state index is 14.2. The van der Waals surface area contributed by atoms with E-state index in [-0.39, 0.29) is 29.5 Å². The van der Waals surface area contributed by atoms with Crippen molar-refractivity contribution in [2.75, 3.05) is 17.9 Å². The zero-order valence-corrected chi connectivity index (χ0v) is 24.7. The summed E-state index contributed by atoms with van der Waals surface area (Å²) in [6.45, 7) is -0.515. The standard InChI is InChI=1S/C31H29BrFN3O4S/c1-34-31(38)29(20-23-8-4-2-5-9-23)35(21-24-12-14-25(32)15-13-24)30(37)22-36(27-10-6-3-7-11-27)41(39,40)28-18-16-26(33)17-19-28/h2-19,29H,20-22H2,1H3,(H,34,38)/t29-/m0/s1. The Morgan fingerprint density at radius 2 is 1.41 bits per heavy atom. The monoisotopic (exact) mass is 637 g/mol. The number of likely N-dealkylation sites (N-methyl/N-ethyl adjacent to an activating group) is 1. The molecular weight excluding hydrogens is 609 g/mol. The summed E-state index contributed by atoms with van der Waals surface area (Å²) >= 11 is 3.41. The van der Waals surface area contributed by atoms with Gasteiger partial charge in [-0.1, -0.05) is 76.6 Å². The van der Waals surface area contributed by atoms with Gasteiger partial charge in [0, 0.05) is 24.5 Å². The predicted octanol–water partition coefficient (Wildman–Crippen LogP) is 5.17. The number of benzene rings is 4. The Labute approximate surface area is 247 Å². The van der Waals surface area contributed by atoms with E-state index in [2.05, 4.69) is 21.2 Å². The zero-order chi connectivity index (χ0) is 29.4. The topological polar surface area (TPSA) is 86.8 Å². The SMILES string of the molecule is CNC(=O)[C@H](Cc1ccccc1)N(Cc1ccc(Br)cc1)C(=O)CN(c1ccccc1)S(=O)(=O)c1ccc(F)cc1. The molecule has 10 heteroatoms. The van der Waals surface area contributed by atoms with Gasteiger partial charge in [-0.3, -0.25) is 13.9 Å². The molecule has 0 bridgehead atoms. The molecule has 0 spiro atoms. The van der Waals surface area contributed by atoms with Crippen LogP contribution in [0.25, 0.3) is 0 Å². The molecule has 4 rings (SSSR count). The summed E-state index contributed by atoms with van der Waals surface area (Å²) in [6, 6.07) is 28.3. The molecule has 4 aromatic carbocycles. The molecule has 0 unspecified atom stereocenters. The molecule has 1 atom stereocenters. The first kappa shape index (κ1) is 30.0. The Morgan fingerprint density at radius 3 is 2.00 bits per heavy atom. The Kier molecular flexibility index (Phi) is 9.91. The molecule has 0 aliphatic carbocycles. The van der Waals surface area contributed by atoms with Gasteiger partial charge in [-0.25, -0.2) is 12.8 Å². The van der Waals surface area contributed by atoms with Crippen LogP contribution in [0.1, 0.15) is 11.1 Å². The van der Waals surface area contributed by atoms with Crippen LogP contribution < -0.4 is 9.62 Å². The molecule has 41 heavy (non-hydrogen) atoms. The maximum absolute atomic E-state index is 14.2. The summed E-state index contributed by atoms with van der Waals surface area (Å²) in [4.78, 5) is 28.6. The minimum absolute atomic E-state index is 0.0657. The number of nitrogens with one attached hydrogen (secondary N) is 1. The summed E-state index contributed by atoms with van der Waals surface area (Å²) in [5.74, 6) is -1.54. The van der Waals surface area contributed by atoms with Crippen LogP contribution in [0.15, 0.2) is 119 Å². The van der Waals surface area contributed by atoms with Crippen molar-refractivity contribution in [2.24, 2.45) is 0 Å². The van der Waals surface area contributed by atoms with Crippen molar-refractivity contribution in [3.05, 3.63) is 131 Å². The molecule has 0 aliphatic rings. The number of anilines is 1. The lowest BCUT2D eigenvalue weighted by molar-refractivity contribution is -0.139. The van der Waals surface area contributed by atoms with Crippen LogP contribution in [0.5, 0.6) is 0 Å². The highest BCUT2D eigenvalue weighted by molar-refractivity contribution is 9.10. The minimum Gasteiger partial charge on any atom is -0.357 e. The molecule has 0 saturated heterocycles. The van der Waals surface area contributed by atoms with Gasteiger partial charge in [0.2, 0.25) is 11.8 Å². The molecule has 0 aliphatic heterocycles. The van der Waals surface area contributed by atoms with Gasteiger partial charge in [0.15, 0.2) is 0 Å². The Balaban J connectivity index is 1.76. The van der Waals surface area contributed by atoms with Gasteiger partial charge in [0.1, 0.15) is 18.4 Å². The van der Waals surface area contributed by atoms with Crippen molar-refractivity contribution in [1.29, 1.82) is 0 Å². The molecule has 0 aromatic heterocycles. The average molecular weight is 639 g/mol. The van der Waals surface area contributed by atoms with Crippen molar-refractivity contribution in [2.45, 2.75) is 23.9 Å². The van der Waals surface area contributed by atoms with Gasteiger partial charge in [-0.2, -0.15) is 0 Å². The van der Waals surface area contributed by atoms with Crippen molar-refractivity contribution >= 4 is 43.5 Å². The lowest BCUT2D eigenvalue weighted by Gasteiger charge is -2.33. The van der Waals surface area contributed by atoms with Gasteiger partial charge in [-0.05, 0) is 59.7 Å². The van der Waals surface area contributed by atoms with Gasteiger partial charge >= 0.3 is 0 Å². The fourth-order valence-corrected chi connectivity index (χ4v) is 6.04. The molecule has 2 amide bonds. The average Bonchev–Trinajstić information content (AvgIpc) is 2.99. The van der Waals surface area contributed by atoms with E-state index in [0.29, 0.717) is 0 Å². The number of hydrogen-bond donors (Lipinski definition) is 1. The highest BCUT2D eigenvalue weighted by atomic mass is 79.9. The zero-order valence-electron chi connectivity index (χ0n) is 22.3. The van der Waals surface area contributed by atoms with Crippen LogP contribution in [0.2, 0.25) is 0 Å². The summed E-state index contributed by atoms with van der Waals surface area (Å²) in [6.07, 6.45) is 0.221. The van der Waals surface area contributed by atoms with E-state index in [1.165, 1.54) is 11.9 Å². The van der Waals surface area contributed by atoms with Gasteiger partial charge in [0.25, 0.3) is 10.0 Å². The Bertz CT molecular complexity index is 1570. The Morgan fingerprint density at radius 1 is 0.829 bits per heavy atom. The molecule has 0 saturated carbocycles. The highest BCUT2D eigenvalue weighted by Gasteiger charge is 2.34. The van der Waals surface area contributed by atoms with Gasteiger partial charge in [-0.15, -0.1) is 0 Å². The number of nitrogens with zero attached hydrogens (tertiary/aromatic N) is 2. The van der Waals surface area contributed by atoms with Crippen LogP contribution in [0, 0.1) is 5.82 Å². The number of para-hydroxylation sites is 1. The number of carbonyl (C=O) groups is 2. The third kappa shape index (κ3) is 7.59. The van der Waals surface area contributed by atoms with E-state index >= 15 is 0 Å². The first-order valence-electron chi connectivity index (χ1n) is 12.8. The van der Waals surface area contributed by atoms with E-state index in [1.807, 2.05) is 54.6 Å². The van der Waals surface area contributed by atoms with Crippen LogP contribution >= 0.6 is 15.9 Å². The molecule has 0 radical (unpaired) electrons. The van der Waals surface area contributed by atoms with E-state index in [4.69, 9.17) is 0 Å². The lowest BCUT2D eigenvalue weighted by atomic mass is 10.0. The number of halogens is 2. The first-order chi connectivity index (χ1) is 19.7. The number of sulfonamides is 1. The van der Waals surface area contributed by atoms with E-state index < -0.39 is 34.3 Å². The molecule has 212 valence electrons. The summed E-state index contributed by atoms with van der Waals surface area (Å²) < 4.78 is 43.0. The summed E-state index contributed by atoms with van der Waals surface area (Å²) in [7, 11) is -2.78. The van der Waals surface area contributed by atoms with Gasteiger partial charge < -0.3 is 10.2 Å². The third-order valence-electron chi connectivity index (χ3n) is 6.51. The molecule has 0 fully saturated rings. The van der Waals surface area contributed by atoms with E-state index in [0.717, 1.165) is 44.2 Å². The number of rotatable bonds is 11. The fourth-order valence-electron chi connectivity index (χ4n) is 4.36. The number of hydrogen-bond acceptors (Lipinski definition) is 4. The lowest BCUT2D eigenvalue weighted by Crippen LogP contribution is -2.53. The maximum Gasteiger partial charge on any atom is 0.264 e. The van der Waals surface area contributed by atoms with Crippen molar-refractivity contribution in [3.63, 3.8) is 0 Å². The smallest absolute Gasteiger partial charge is 0.264 e. The molecule has 1 N–H and O–H groups in total. The van der Waals surface area contributed by atoms with Crippen LogP contribution in [-0.2, 0) is 32.6 Å². The quantitative estimate of drug-likeness (QED) is 0.246. The predicted molar refractivity (Wildman–Crippen MR) is 160 cm³/mol. The van der Waals surface area contributed by atoms with Crippen LogP contribution in [-0.4, -0.2) is 44.8 Å². The largest absolute Gasteiger partial charge is 0.357 e. The molecule has 7 nitrogen and oxygen atoms in total. The summed E-state index contributed by atoms with van der Waals surface area (Å²) in [5.41, 5.74) is 1.86. The molecular formula is C31H29BrFN3O4S. The second-order valence-corrected chi connectivity index (χ2v) is 12.0. The molecule has 4 aromatic rings. The normalized spacial score (nSPS) is 11.9. The van der Waals surface area contributed by atoms with Gasteiger partial charge in [0.05, 0.1) is 10.6 Å². The minimum atomic E-state index is -4.28.